The van der Waals surface area contributed by atoms with Crippen LogP contribution in [0, 0.1) is 19.7 Å². The number of amidine groups is 1. The SMILES string of the molecule is Cc1cc(C2=NNC(=NC3CCC3)SC2)c(C)n1-c1ccc(F)cc1. The summed E-state index contributed by atoms with van der Waals surface area (Å²) in [7, 11) is 0. The number of hydrazone groups is 1. The molecule has 1 aliphatic heterocycles. The van der Waals surface area contributed by atoms with E-state index in [9.17, 15) is 4.39 Å². The molecule has 0 amide bonds. The highest BCUT2D eigenvalue weighted by atomic mass is 32.2. The van der Waals surface area contributed by atoms with Crippen LogP contribution in [0.2, 0.25) is 0 Å². The van der Waals surface area contributed by atoms with Gasteiger partial charge in [-0.05, 0) is 63.4 Å². The van der Waals surface area contributed by atoms with Gasteiger partial charge in [-0.2, -0.15) is 5.10 Å². The Hall–Kier alpha value is -2.08. The van der Waals surface area contributed by atoms with Crippen molar-refractivity contribution in [1.82, 2.24) is 9.99 Å². The number of aryl methyl sites for hydroxylation is 1. The van der Waals surface area contributed by atoms with Crippen molar-refractivity contribution in [2.24, 2.45) is 10.1 Å². The Bertz CT molecular complexity index is 847. The maximum atomic E-state index is 13.2. The van der Waals surface area contributed by atoms with Crippen molar-refractivity contribution >= 4 is 22.6 Å². The molecule has 0 radical (unpaired) electrons. The van der Waals surface area contributed by atoms with E-state index in [0.717, 1.165) is 39.3 Å². The fraction of sp³-hybridized carbons (Fsp3) is 0.368. The molecule has 0 atom stereocenters. The average molecular weight is 356 g/mol. The van der Waals surface area contributed by atoms with E-state index in [1.165, 1.54) is 31.4 Å². The van der Waals surface area contributed by atoms with Crippen molar-refractivity contribution in [2.75, 3.05) is 5.75 Å². The minimum absolute atomic E-state index is 0.220. The minimum Gasteiger partial charge on any atom is -0.318 e. The van der Waals surface area contributed by atoms with Gasteiger partial charge in [0.2, 0.25) is 0 Å². The van der Waals surface area contributed by atoms with Crippen molar-refractivity contribution in [2.45, 2.75) is 39.2 Å². The molecule has 0 unspecified atom stereocenters. The molecule has 1 saturated carbocycles. The molecular formula is C19H21FN4S. The predicted octanol–water partition coefficient (Wildman–Crippen LogP) is 4.18. The van der Waals surface area contributed by atoms with Crippen LogP contribution in [0.25, 0.3) is 5.69 Å². The molecule has 6 heteroatoms. The highest BCUT2D eigenvalue weighted by molar-refractivity contribution is 8.14. The lowest BCUT2D eigenvalue weighted by Gasteiger charge is -2.23. The summed E-state index contributed by atoms with van der Waals surface area (Å²) >= 11 is 1.71. The Labute approximate surface area is 151 Å². The number of rotatable bonds is 3. The van der Waals surface area contributed by atoms with Crippen molar-refractivity contribution in [3.05, 3.63) is 53.1 Å². The summed E-state index contributed by atoms with van der Waals surface area (Å²) in [5.74, 6) is 0.591. The van der Waals surface area contributed by atoms with Crippen LogP contribution in [0.15, 0.2) is 40.4 Å². The lowest BCUT2D eigenvalue weighted by Crippen LogP contribution is -2.28. The number of aromatic nitrogens is 1. The molecule has 0 bridgehead atoms. The van der Waals surface area contributed by atoms with Gasteiger partial charge in [-0.15, -0.1) is 0 Å². The summed E-state index contributed by atoms with van der Waals surface area (Å²) in [5.41, 5.74) is 8.46. The third-order valence-electron chi connectivity index (χ3n) is 4.83. The molecule has 4 nitrogen and oxygen atoms in total. The molecule has 1 N–H and O–H groups in total. The summed E-state index contributed by atoms with van der Waals surface area (Å²) in [6.45, 7) is 4.14. The summed E-state index contributed by atoms with van der Waals surface area (Å²) in [5, 5.41) is 5.49. The lowest BCUT2D eigenvalue weighted by molar-refractivity contribution is 0.420. The summed E-state index contributed by atoms with van der Waals surface area (Å²) in [6, 6.07) is 9.22. The Kier molecular flexibility index (Phi) is 4.37. The topological polar surface area (TPSA) is 41.7 Å². The van der Waals surface area contributed by atoms with E-state index in [0.29, 0.717) is 6.04 Å². The normalized spacial score (nSPS) is 19.5. The van der Waals surface area contributed by atoms with E-state index in [1.807, 2.05) is 0 Å². The molecule has 1 aromatic heterocycles. The van der Waals surface area contributed by atoms with Gasteiger partial charge in [-0.25, -0.2) is 4.39 Å². The Morgan fingerprint density at radius 1 is 1.24 bits per heavy atom. The van der Waals surface area contributed by atoms with Gasteiger partial charge in [0.05, 0.1) is 11.8 Å². The summed E-state index contributed by atoms with van der Waals surface area (Å²) in [4.78, 5) is 4.69. The number of nitrogens with one attached hydrogen (secondary N) is 1. The van der Waals surface area contributed by atoms with Crippen LogP contribution in [-0.2, 0) is 0 Å². The number of benzene rings is 1. The zero-order chi connectivity index (χ0) is 17.4. The molecule has 1 fully saturated rings. The highest BCUT2D eigenvalue weighted by Gasteiger charge is 2.21. The second-order valence-corrected chi connectivity index (χ2v) is 7.54. The van der Waals surface area contributed by atoms with E-state index in [-0.39, 0.29) is 5.82 Å². The van der Waals surface area contributed by atoms with Gasteiger partial charge in [0.25, 0.3) is 0 Å². The van der Waals surface area contributed by atoms with Crippen molar-refractivity contribution in [1.29, 1.82) is 0 Å². The van der Waals surface area contributed by atoms with Crippen LogP contribution in [0.3, 0.4) is 0 Å². The van der Waals surface area contributed by atoms with E-state index < -0.39 is 0 Å². The maximum absolute atomic E-state index is 13.2. The van der Waals surface area contributed by atoms with Gasteiger partial charge in [-0.1, -0.05) is 11.8 Å². The van der Waals surface area contributed by atoms with E-state index in [4.69, 9.17) is 4.99 Å². The number of hydrogen-bond acceptors (Lipinski definition) is 3. The molecule has 2 aliphatic rings. The molecule has 1 aromatic carbocycles. The van der Waals surface area contributed by atoms with E-state index >= 15 is 0 Å². The zero-order valence-electron chi connectivity index (χ0n) is 14.4. The van der Waals surface area contributed by atoms with Crippen LogP contribution in [-0.4, -0.2) is 27.2 Å². The summed E-state index contributed by atoms with van der Waals surface area (Å²) < 4.78 is 15.3. The first kappa shape index (κ1) is 16.4. The standard InChI is InChI=1S/C19H21FN4S/c1-12-10-17(13(2)24(12)16-8-6-14(20)7-9-16)18-11-25-19(23-22-18)21-15-4-3-5-15/h6-10,15H,3-5,11H2,1-2H3,(H,21,23). The van der Waals surface area contributed by atoms with Crippen LogP contribution >= 0.6 is 11.8 Å². The zero-order valence-corrected chi connectivity index (χ0v) is 15.2. The van der Waals surface area contributed by atoms with Crippen molar-refractivity contribution in [3.63, 3.8) is 0 Å². The number of halogens is 1. The fourth-order valence-electron chi connectivity index (χ4n) is 3.24. The third-order valence-corrected chi connectivity index (χ3v) is 5.72. The lowest BCUT2D eigenvalue weighted by atomic mass is 9.94. The quantitative estimate of drug-likeness (QED) is 0.896. The predicted molar refractivity (Wildman–Crippen MR) is 102 cm³/mol. The summed E-state index contributed by atoms with van der Waals surface area (Å²) in [6.07, 6.45) is 3.68. The van der Waals surface area contributed by atoms with Crippen molar-refractivity contribution in [3.8, 4) is 5.69 Å². The van der Waals surface area contributed by atoms with Gasteiger partial charge in [0.1, 0.15) is 5.82 Å². The first-order chi connectivity index (χ1) is 12.1. The molecular weight excluding hydrogens is 335 g/mol. The number of nitrogens with zero attached hydrogens (tertiary/aromatic N) is 3. The van der Waals surface area contributed by atoms with Gasteiger partial charge < -0.3 is 4.57 Å². The van der Waals surface area contributed by atoms with Gasteiger partial charge in [-0.3, -0.25) is 10.4 Å². The largest absolute Gasteiger partial charge is 0.318 e. The molecule has 1 aliphatic carbocycles. The average Bonchev–Trinajstić information content (AvgIpc) is 2.87. The maximum Gasteiger partial charge on any atom is 0.177 e. The number of thioether (sulfide) groups is 1. The Morgan fingerprint density at radius 2 is 2.00 bits per heavy atom. The second-order valence-electron chi connectivity index (χ2n) is 6.57. The van der Waals surface area contributed by atoms with E-state index in [1.54, 1.807) is 23.9 Å². The Balaban J connectivity index is 1.60. The first-order valence-corrected chi connectivity index (χ1v) is 9.59. The van der Waals surface area contributed by atoms with Gasteiger partial charge >= 0.3 is 0 Å². The van der Waals surface area contributed by atoms with Gasteiger partial charge in [0.15, 0.2) is 5.17 Å². The second kappa shape index (κ2) is 6.67. The first-order valence-electron chi connectivity index (χ1n) is 8.60. The molecule has 0 spiro atoms. The third kappa shape index (κ3) is 3.23. The molecule has 130 valence electrons. The van der Waals surface area contributed by atoms with Crippen molar-refractivity contribution < 1.29 is 4.39 Å². The number of hydrogen-bond donors (Lipinski definition) is 1. The smallest absolute Gasteiger partial charge is 0.177 e. The molecule has 25 heavy (non-hydrogen) atoms. The van der Waals surface area contributed by atoms with Crippen LogP contribution in [0.1, 0.15) is 36.2 Å². The monoisotopic (exact) mass is 356 g/mol. The number of aliphatic imine (C=N–C) groups is 1. The van der Waals surface area contributed by atoms with Crippen LogP contribution in [0.4, 0.5) is 4.39 Å². The highest BCUT2D eigenvalue weighted by Crippen LogP contribution is 2.26. The van der Waals surface area contributed by atoms with Crippen LogP contribution in [0.5, 0.6) is 0 Å². The van der Waals surface area contributed by atoms with Crippen LogP contribution < -0.4 is 5.43 Å². The minimum atomic E-state index is -0.220. The van der Waals surface area contributed by atoms with E-state index in [2.05, 4.69) is 35.0 Å². The van der Waals surface area contributed by atoms with Gasteiger partial charge in [0, 0.05) is 28.4 Å². The fourth-order valence-corrected chi connectivity index (χ4v) is 4.07. The molecule has 2 aromatic rings. The Morgan fingerprint density at radius 3 is 2.60 bits per heavy atom. The molecule has 4 rings (SSSR count). The molecule has 0 saturated heterocycles. The molecule has 2 heterocycles.